The minimum atomic E-state index is -0.229. The first-order chi connectivity index (χ1) is 18.5. The number of hydrogen-bond acceptors (Lipinski definition) is 8. The van der Waals surface area contributed by atoms with Crippen LogP contribution in [0.4, 0.5) is 5.82 Å². The highest BCUT2D eigenvalue weighted by atomic mass is 32.1. The fraction of sp³-hybridized carbons (Fsp3) is 0.464. The molecule has 0 saturated carbocycles. The van der Waals surface area contributed by atoms with Crippen LogP contribution >= 0.6 is 11.3 Å². The van der Waals surface area contributed by atoms with Crippen molar-refractivity contribution in [1.82, 2.24) is 24.1 Å². The standard InChI is InChI=1S/C28H34N6O3S/c1-30-10-5-11-32(15-12-30)23-9-8-20-25(35)24(27(36)33-16-13-31(14-17-33)18-19-37-2)28-34(26(20)29-23)21-6-3-4-7-22(21)38-28/h3-4,6-9H,5,10-19H2,1-2H3. The molecule has 0 N–H and O–H groups in total. The van der Waals surface area contributed by atoms with E-state index in [2.05, 4.69) is 21.7 Å². The van der Waals surface area contributed by atoms with Crippen LogP contribution in [-0.4, -0.2) is 110 Å². The van der Waals surface area contributed by atoms with Gasteiger partial charge in [0.05, 0.1) is 22.2 Å². The summed E-state index contributed by atoms with van der Waals surface area (Å²) in [6, 6.07) is 11.9. The Balaban J connectivity index is 1.45. The fourth-order valence-corrected chi connectivity index (χ4v) is 6.75. The number of rotatable bonds is 5. The fourth-order valence-electron chi connectivity index (χ4n) is 5.57. The average Bonchev–Trinajstić information content (AvgIpc) is 3.19. The number of fused-ring (bicyclic) bond motifs is 5. The van der Waals surface area contributed by atoms with Gasteiger partial charge in [-0.15, -0.1) is 11.3 Å². The molecule has 200 valence electrons. The van der Waals surface area contributed by atoms with Gasteiger partial charge in [-0.05, 0) is 44.3 Å². The second kappa shape index (κ2) is 10.6. The molecule has 2 saturated heterocycles. The summed E-state index contributed by atoms with van der Waals surface area (Å²) >= 11 is 1.49. The number of carbonyl (C=O) groups is 1. The molecule has 0 aliphatic carbocycles. The molecule has 0 unspecified atom stereocenters. The highest BCUT2D eigenvalue weighted by Gasteiger charge is 2.29. The third-order valence-corrected chi connectivity index (χ3v) is 8.95. The zero-order valence-corrected chi connectivity index (χ0v) is 22.9. The maximum atomic E-state index is 14.0. The van der Waals surface area contributed by atoms with Gasteiger partial charge in [-0.2, -0.15) is 0 Å². The van der Waals surface area contributed by atoms with Gasteiger partial charge in [0.15, 0.2) is 5.65 Å². The first-order valence-corrected chi connectivity index (χ1v) is 14.2. The van der Waals surface area contributed by atoms with Crippen molar-refractivity contribution in [3.63, 3.8) is 0 Å². The van der Waals surface area contributed by atoms with Gasteiger partial charge < -0.3 is 19.4 Å². The van der Waals surface area contributed by atoms with Gasteiger partial charge >= 0.3 is 0 Å². The summed E-state index contributed by atoms with van der Waals surface area (Å²) in [6.07, 6.45) is 1.07. The van der Waals surface area contributed by atoms with Gasteiger partial charge in [0.1, 0.15) is 16.2 Å². The van der Waals surface area contributed by atoms with Crippen molar-refractivity contribution in [2.24, 2.45) is 0 Å². The number of aromatic nitrogens is 2. The monoisotopic (exact) mass is 534 g/mol. The van der Waals surface area contributed by atoms with E-state index < -0.39 is 0 Å². The van der Waals surface area contributed by atoms with E-state index in [0.717, 1.165) is 68.3 Å². The van der Waals surface area contributed by atoms with Crippen molar-refractivity contribution in [2.75, 3.05) is 84.6 Å². The van der Waals surface area contributed by atoms with E-state index in [1.54, 1.807) is 7.11 Å². The molecule has 1 amide bonds. The summed E-state index contributed by atoms with van der Waals surface area (Å²) in [5.74, 6) is 0.689. The Morgan fingerprint density at radius 1 is 1.00 bits per heavy atom. The Hall–Kier alpha value is -3.05. The molecular formula is C28H34N6O3S. The van der Waals surface area contributed by atoms with E-state index in [4.69, 9.17) is 9.72 Å². The molecule has 2 aliphatic rings. The highest BCUT2D eigenvalue weighted by molar-refractivity contribution is 7.24. The predicted molar refractivity (Wildman–Crippen MR) is 153 cm³/mol. The Bertz CT molecular complexity index is 1540. The van der Waals surface area contributed by atoms with Crippen LogP contribution in [-0.2, 0) is 4.74 Å². The lowest BCUT2D eigenvalue weighted by molar-refractivity contribution is 0.0595. The van der Waals surface area contributed by atoms with Gasteiger partial charge in [0, 0.05) is 59.5 Å². The molecule has 0 radical (unpaired) electrons. The second-order valence-electron chi connectivity index (χ2n) is 10.2. The van der Waals surface area contributed by atoms with E-state index >= 15 is 0 Å². The number of methoxy groups -OCH3 is 1. The molecule has 2 fully saturated rings. The van der Waals surface area contributed by atoms with Gasteiger partial charge in [0.25, 0.3) is 5.91 Å². The van der Waals surface area contributed by atoms with Gasteiger partial charge in [-0.25, -0.2) is 4.98 Å². The smallest absolute Gasteiger partial charge is 0.260 e. The quantitative estimate of drug-likeness (QED) is 0.390. The summed E-state index contributed by atoms with van der Waals surface area (Å²) < 4.78 is 8.27. The van der Waals surface area contributed by atoms with Crippen molar-refractivity contribution in [3.8, 4) is 0 Å². The van der Waals surface area contributed by atoms with Crippen LogP contribution in [0.5, 0.6) is 0 Å². The minimum absolute atomic E-state index is 0.188. The van der Waals surface area contributed by atoms with Crippen LogP contribution in [0.25, 0.3) is 26.1 Å². The Kier molecular flexibility index (Phi) is 7.05. The third-order valence-electron chi connectivity index (χ3n) is 7.80. The van der Waals surface area contributed by atoms with Crippen molar-refractivity contribution < 1.29 is 9.53 Å². The van der Waals surface area contributed by atoms with E-state index in [0.29, 0.717) is 35.6 Å². The van der Waals surface area contributed by atoms with Gasteiger partial charge in [0.2, 0.25) is 5.43 Å². The number of para-hydroxylation sites is 1. The Morgan fingerprint density at radius 2 is 1.82 bits per heavy atom. The lowest BCUT2D eigenvalue weighted by Crippen LogP contribution is -2.50. The number of amides is 1. The molecule has 0 atom stereocenters. The maximum Gasteiger partial charge on any atom is 0.260 e. The molecule has 6 rings (SSSR count). The van der Waals surface area contributed by atoms with Crippen LogP contribution in [0.1, 0.15) is 16.8 Å². The number of ether oxygens (including phenoxy) is 1. The number of benzene rings is 1. The molecule has 9 nitrogen and oxygen atoms in total. The molecule has 2 aliphatic heterocycles. The summed E-state index contributed by atoms with van der Waals surface area (Å²) in [5, 5.41) is 0.490. The number of pyridine rings is 2. The number of nitrogens with zero attached hydrogens (tertiary/aromatic N) is 6. The van der Waals surface area contributed by atoms with Gasteiger partial charge in [-0.1, -0.05) is 12.1 Å². The molecule has 4 aromatic rings. The minimum Gasteiger partial charge on any atom is -0.383 e. The van der Waals surface area contributed by atoms with Crippen LogP contribution in [0.3, 0.4) is 0 Å². The van der Waals surface area contributed by atoms with E-state index in [9.17, 15) is 9.59 Å². The average molecular weight is 535 g/mol. The topological polar surface area (TPSA) is 73.6 Å². The van der Waals surface area contributed by atoms with E-state index in [1.807, 2.05) is 45.7 Å². The Labute approximate surface area is 225 Å². The number of thiazole rings is 1. The zero-order valence-electron chi connectivity index (χ0n) is 22.1. The first-order valence-electron chi connectivity index (χ1n) is 13.4. The van der Waals surface area contributed by atoms with Crippen molar-refractivity contribution >= 4 is 49.1 Å². The lowest BCUT2D eigenvalue weighted by atomic mass is 10.1. The second-order valence-corrected chi connectivity index (χ2v) is 11.3. The van der Waals surface area contributed by atoms with Crippen LogP contribution in [0.2, 0.25) is 0 Å². The number of anilines is 1. The van der Waals surface area contributed by atoms with Gasteiger partial charge in [-0.3, -0.25) is 18.9 Å². The van der Waals surface area contributed by atoms with Crippen molar-refractivity contribution in [1.29, 1.82) is 0 Å². The maximum absolute atomic E-state index is 14.0. The summed E-state index contributed by atoms with van der Waals surface area (Å²) in [7, 11) is 3.85. The number of likely N-dealkylation sites (N-methyl/N-ethyl adjacent to an activating group) is 1. The third kappa shape index (κ3) is 4.55. The number of carbonyl (C=O) groups excluding carboxylic acids is 1. The molecule has 38 heavy (non-hydrogen) atoms. The van der Waals surface area contributed by atoms with Crippen LogP contribution in [0.15, 0.2) is 41.2 Å². The Morgan fingerprint density at radius 3 is 2.63 bits per heavy atom. The number of piperazine rings is 1. The van der Waals surface area contributed by atoms with E-state index in [-0.39, 0.29) is 16.9 Å². The summed E-state index contributed by atoms with van der Waals surface area (Å²) in [6.45, 7) is 8.12. The summed E-state index contributed by atoms with van der Waals surface area (Å²) in [5.41, 5.74) is 1.62. The molecule has 0 bridgehead atoms. The molecule has 3 aromatic heterocycles. The number of hydrogen-bond donors (Lipinski definition) is 0. The first kappa shape index (κ1) is 25.2. The van der Waals surface area contributed by atoms with Crippen molar-refractivity contribution in [3.05, 3.63) is 52.2 Å². The lowest BCUT2D eigenvalue weighted by Gasteiger charge is -2.34. The SMILES string of the molecule is COCCN1CCN(C(=O)c2c(=O)c3ccc(N4CCCN(C)CC4)nc3n3c2sc2ccccc23)CC1. The molecule has 1 aromatic carbocycles. The van der Waals surface area contributed by atoms with Crippen LogP contribution in [0, 0.1) is 0 Å². The molecule has 5 heterocycles. The zero-order chi connectivity index (χ0) is 26.2. The summed E-state index contributed by atoms with van der Waals surface area (Å²) in [4.78, 5) is 42.4. The predicted octanol–water partition coefficient (Wildman–Crippen LogP) is 2.61. The highest BCUT2D eigenvalue weighted by Crippen LogP contribution is 2.32. The molecule has 10 heteroatoms. The molecular weight excluding hydrogens is 500 g/mol. The van der Waals surface area contributed by atoms with Crippen LogP contribution < -0.4 is 10.3 Å². The molecule has 0 spiro atoms. The van der Waals surface area contributed by atoms with E-state index in [1.165, 1.54) is 11.3 Å². The van der Waals surface area contributed by atoms with Crippen molar-refractivity contribution in [2.45, 2.75) is 6.42 Å². The largest absolute Gasteiger partial charge is 0.383 e. The normalized spacial score (nSPS) is 18.1.